The Morgan fingerprint density at radius 2 is 2.05 bits per heavy atom. The molecule has 4 N–H and O–H groups in total. The van der Waals surface area contributed by atoms with Crippen LogP contribution in [0.3, 0.4) is 0 Å². The fraction of sp³-hybridized carbons (Fsp3) is 0.0714. The zero-order valence-electron chi connectivity index (χ0n) is 10.3. The number of carbonyl (C=O) groups is 1. The predicted molar refractivity (Wildman–Crippen MR) is 76.7 cm³/mol. The van der Waals surface area contributed by atoms with Crippen LogP contribution in [-0.4, -0.2) is 11.0 Å². The number of carbonyl (C=O) groups excluding carboxylic acids is 1. The molecular formula is C14H13ClN2O2. The van der Waals surface area contributed by atoms with E-state index in [4.69, 9.17) is 17.3 Å². The summed E-state index contributed by atoms with van der Waals surface area (Å²) in [6.45, 7) is 1.83. The molecule has 0 saturated carbocycles. The highest BCUT2D eigenvalue weighted by Gasteiger charge is 2.14. The van der Waals surface area contributed by atoms with E-state index >= 15 is 0 Å². The number of nitrogen functional groups attached to an aromatic ring is 1. The number of hydrogen-bond donors (Lipinski definition) is 3. The molecule has 0 aromatic heterocycles. The fourth-order valence-electron chi connectivity index (χ4n) is 1.69. The summed E-state index contributed by atoms with van der Waals surface area (Å²) < 4.78 is 0. The van der Waals surface area contributed by atoms with Crippen molar-refractivity contribution < 1.29 is 9.90 Å². The molecule has 0 bridgehead atoms. The Labute approximate surface area is 115 Å². The molecular weight excluding hydrogens is 264 g/mol. The van der Waals surface area contributed by atoms with Crippen molar-refractivity contribution in [2.75, 3.05) is 11.1 Å². The molecule has 2 rings (SSSR count). The van der Waals surface area contributed by atoms with Crippen molar-refractivity contribution in [2.24, 2.45) is 0 Å². The van der Waals surface area contributed by atoms with Crippen molar-refractivity contribution in [3.8, 4) is 5.75 Å². The molecule has 0 spiro atoms. The molecule has 1 amide bonds. The number of phenols is 1. The first-order valence-electron chi connectivity index (χ1n) is 5.64. The van der Waals surface area contributed by atoms with Crippen LogP contribution in [0.25, 0.3) is 0 Å². The van der Waals surface area contributed by atoms with E-state index in [9.17, 15) is 9.90 Å². The molecule has 0 aliphatic carbocycles. The molecule has 0 aliphatic heterocycles. The van der Waals surface area contributed by atoms with Gasteiger partial charge in [0.25, 0.3) is 5.91 Å². The van der Waals surface area contributed by atoms with Gasteiger partial charge in [-0.15, -0.1) is 0 Å². The monoisotopic (exact) mass is 276 g/mol. The van der Waals surface area contributed by atoms with E-state index in [2.05, 4.69) is 5.32 Å². The van der Waals surface area contributed by atoms with Crippen molar-refractivity contribution >= 4 is 28.9 Å². The van der Waals surface area contributed by atoms with Gasteiger partial charge in [0.1, 0.15) is 5.75 Å². The van der Waals surface area contributed by atoms with Gasteiger partial charge in [-0.3, -0.25) is 4.79 Å². The quantitative estimate of drug-likeness (QED) is 0.737. The van der Waals surface area contributed by atoms with Gasteiger partial charge in [0, 0.05) is 0 Å². The number of halogens is 1. The van der Waals surface area contributed by atoms with Crippen LogP contribution < -0.4 is 11.1 Å². The van der Waals surface area contributed by atoms with Crippen LogP contribution in [0.2, 0.25) is 5.02 Å². The van der Waals surface area contributed by atoms with E-state index in [0.717, 1.165) is 5.56 Å². The van der Waals surface area contributed by atoms with Crippen LogP contribution in [0.15, 0.2) is 36.4 Å². The standard InChI is InChI=1S/C14H13ClN2O2/c1-8-5-6-9(12(18)7-8)14(19)17-13-10(15)3-2-4-11(13)16/h2-7,18H,16H2,1H3,(H,17,19). The van der Waals surface area contributed by atoms with E-state index in [-0.39, 0.29) is 11.3 Å². The molecule has 0 radical (unpaired) electrons. The SMILES string of the molecule is Cc1ccc(C(=O)Nc2c(N)cccc2Cl)c(O)c1. The lowest BCUT2D eigenvalue weighted by Gasteiger charge is -2.11. The van der Waals surface area contributed by atoms with E-state index < -0.39 is 5.91 Å². The first-order valence-corrected chi connectivity index (χ1v) is 6.02. The second-order valence-electron chi connectivity index (χ2n) is 4.18. The number of nitrogens with one attached hydrogen (secondary N) is 1. The molecule has 0 saturated heterocycles. The molecule has 4 nitrogen and oxygen atoms in total. The highest BCUT2D eigenvalue weighted by molar-refractivity contribution is 6.34. The Hall–Kier alpha value is -2.20. The maximum absolute atomic E-state index is 12.1. The van der Waals surface area contributed by atoms with E-state index in [1.165, 1.54) is 6.07 Å². The van der Waals surface area contributed by atoms with Gasteiger partial charge in [-0.25, -0.2) is 0 Å². The van der Waals surface area contributed by atoms with Crippen LogP contribution in [-0.2, 0) is 0 Å². The Morgan fingerprint density at radius 1 is 1.32 bits per heavy atom. The van der Waals surface area contributed by atoms with Crippen molar-refractivity contribution in [1.82, 2.24) is 0 Å². The molecule has 0 aliphatic rings. The van der Waals surface area contributed by atoms with Crippen molar-refractivity contribution in [1.29, 1.82) is 0 Å². The number of nitrogens with two attached hydrogens (primary N) is 1. The van der Waals surface area contributed by atoms with Gasteiger partial charge in [0.05, 0.1) is 22.0 Å². The molecule has 0 fully saturated rings. The first kappa shape index (κ1) is 13.2. The highest BCUT2D eigenvalue weighted by atomic mass is 35.5. The number of para-hydroxylation sites is 1. The topological polar surface area (TPSA) is 75.4 Å². The lowest BCUT2D eigenvalue weighted by atomic mass is 10.1. The Kier molecular flexibility index (Phi) is 3.62. The zero-order valence-corrected chi connectivity index (χ0v) is 11.0. The van der Waals surface area contributed by atoms with Crippen molar-refractivity contribution in [2.45, 2.75) is 6.92 Å². The van der Waals surface area contributed by atoms with Crippen LogP contribution in [0.5, 0.6) is 5.75 Å². The number of amides is 1. The smallest absolute Gasteiger partial charge is 0.259 e. The second kappa shape index (κ2) is 5.20. The van der Waals surface area contributed by atoms with Crippen molar-refractivity contribution in [3.63, 3.8) is 0 Å². The summed E-state index contributed by atoms with van der Waals surface area (Å²) in [5, 5.41) is 12.7. The number of phenolic OH excluding ortho intramolecular Hbond substituents is 1. The van der Waals surface area contributed by atoms with Gasteiger partial charge in [-0.2, -0.15) is 0 Å². The Morgan fingerprint density at radius 3 is 2.68 bits per heavy atom. The lowest BCUT2D eigenvalue weighted by Crippen LogP contribution is -2.13. The number of aryl methyl sites for hydroxylation is 1. The van der Waals surface area contributed by atoms with Gasteiger partial charge < -0.3 is 16.2 Å². The van der Waals surface area contributed by atoms with E-state index in [1.54, 1.807) is 30.3 Å². The third-order valence-electron chi connectivity index (χ3n) is 2.68. The van der Waals surface area contributed by atoms with Gasteiger partial charge >= 0.3 is 0 Å². The van der Waals surface area contributed by atoms with Crippen molar-refractivity contribution in [3.05, 3.63) is 52.5 Å². The van der Waals surface area contributed by atoms with Crippen LogP contribution in [0, 0.1) is 6.92 Å². The normalized spacial score (nSPS) is 10.2. The highest BCUT2D eigenvalue weighted by Crippen LogP contribution is 2.29. The summed E-state index contributed by atoms with van der Waals surface area (Å²) in [5.74, 6) is -0.541. The van der Waals surface area contributed by atoms with Crippen LogP contribution in [0.1, 0.15) is 15.9 Å². The van der Waals surface area contributed by atoms with Gasteiger partial charge in [0.2, 0.25) is 0 Å². The zero-order chi connectivity index (χ0) is 14.0. The average molecular weight is 277 g/mol. The molecule has 2 aromatic rings. The maximum Gasteiger partial charge on any atom is 0.259 e. The average Bonchev–Trinajstić information content (AvgIpc) is 2.33. The number of rotatable bonds is 2. The summed E-state index contributed by atoms with van der Waals surface area (Å²) in [6, 6.07) is 9.76. The minimum atomic E-state index is -0.461. The first-order chi connectivity index (χ1) is 8.99. The van der Waals surface area contributed by atoms with Crippen LogP contribution >= 0.6 is 11.6 Å². The van der Waals surface area contributed by atoms with Gasteiger partial charge in [0.15, 0.2) is 0 Å². The summed E-state index contributed by atoms with van der Waals surface area (Å²) in [4.78, 5) is 12.1. The minimum Gasteiger partial charge on any atom is -0.507 e. The van der Waals surface area contributed by atoms with Gasteiger partial charge in [-0.05, 0) is 36.8 Å². The van der Waals surface area contributed by atoms with Crippen LogP contribution in [0.4, 0.5) is 11.4 Å². The largest absolute Gasteiger partial charge is 0.507 e. The number of anilines is 2. The Bertz CT molecular complexity index is 621. The third-order valence-corrected chi connectivity index (χ3v) is 3.00. The molecule has 2 aromatic carbocycles. The maximum atomic E-state index is 12.1. The molecule has 0 unspecified atom stereocenters. The number of benzene rings is 2. The Balaban J connectivity index is 2.31. The minimum absolute atomic E-state index is 0.0804. The predicted octanol–water partition coefficient (Wildman–Crippen LogP) is 3.19. The number of aromatic hydroxyl groups is 1. The molecule has 98 valence electrons. The lowest BCUT2D eigenvalue weighted by molar-refractivity contribution is 0.102. The summed E-state index contributed by atoms with van der Waals surface area (Å²) in [5.41, 5.74) is 7.50. The molecule has 0 atom stereocenters. The summed E-state index contributed by atoms with van der Waals surface area (Å²) >= 11 is 5.97. The molecule has 5 heteroatoms. The third kappa shape index (κ3) is 2.80. The fourth-order valence-corrected chi connectivity index (χ4v) is 1.92. The molecule has 0 heterocycles. The van der Waals surface area contributed by atoms with E-state index in [0.29, 0.717) is 16.4 Å². The molecule has 19 heavy (non-hydrogen) atoms. The number of hydrogen-bond acceptors (Lipinski definition) is 3. The summed E-state index contributed by atoms with van der Waals surface area (Å²) in [6.07, 6.45) is 0. The second-order valence-corrected chi connectivity index (χ2v) is 4.59. The summed E-state index contributed by atoms with van der Waals surface area (Å²) in [7, 11) is 0. The van der Waals surface area contributed by atoms with E-state index in [1.807, 2.05) is 6.92 Å². The van der Waals surface area contributed by atoms with Gasteiger partial charge in [-0.1, -0.05) is 23.7 Å².